The second kappa shape index (κ2) is 7.49. The molecule has 0 spiro atoms. The first-order valence-electron chi connectivity index (χ1n) is 7.58. The Kier molecular flexibility index (Phi) is 5.38. The van der Waals surface area contributed by atoms with Gasteiger partial charge in [0.15, 0.2) is 0 Å². The van der Waals surface area contributed by atoms with Crippen LogP contribution in [0.1, 0.15) is 11.7 Å². The number of halogens is 2. The van der Waals surface area contributed by atoms with Crippen molar-refractivity contribution in [2.45, 2.75) is 12.6 Å². The van der Waals surface area contributed by atoms with Crippen LogP contribution in [-0.4, -0.2) is 24.3 Å². The molecule has 4 nitrogen and oxygen atoms in total. The number of rotatable bonds is 3. The molecule has 23 heavy (non-hydrogen) atoms. The van der Waals surface area contributed by atoms with Crippen LogP contribution in [0.25, 0.3) is 0 Å². The van der Waals surface area contributed by atoms with E-state index in [1.807, 2.05) is 18.2 Å². The third-order valence-corrected chi connectivity index (χ3v) is 4.75. The molecule has 0 unspecified atom stereocenters. The maximum Gasteiger partial charge on any atom is 0.250 e. The lowest BCUT2D eigenvalue weighted by Crippen LogP contribution is -2.31. The molecule has 2 atom stereocenters. The summed E-state index contributed by atoms with van der Waals surface area (Å²) in [6.07, 6.45) is 1.67. The number of nitrogens with zero attached hydrogens (tertiary/aromatic N) is 1. The van der Waals surface area contributed by atoms with E-state index in [9.17, 15) is 4.79 Å². The number of hydrogen-bond donors (Lipinski definition) is 1. The third kappa shape index (κ3) is 3.96. The van der Waals surface area contributed by atoms with Gasteiger partial charge in [-0.15, -0.1) is 0 Å². The number of aromatic nitrogens is 1. The van der Waals surface area contributed by atoms with Crippen LogP contribution in [0.3, 0.4) is 0 Å². The minimum atomic E-state index is -0.133. The van der Waals surface area contributed by atoms with E-state index in [-0.39, 0.29) is 17.6 Å². The molecule has 1 fully saturated rings. The summed E-state index contributed by atoms with van der Waals surface area (Å²) >= 11 is 12.2. The first kappa shape index (κ1) is 16.5. The number of benzene rings is 1. The Balaban J connectivity index is 1.89. The van der Waals surface area contributed by atoms with E-state index in [0.29, 0.717) is 23.2 Å². The zero-order valence-corrected chi connectivity index (χ0v) is 14.1. The van der Waals surface area contributed by atoms with Crippen LogP contribution in [-0.2, 0) is 11.3 Å². The molecule has 0 aliphatic carbocycles. The lowest BCUT2D eigenvalue weighted by atomic mass is 9.95. The average molecular weight is 353 g/mol. The quantitative estimate of drug-likeness (QED) is 0.922. The van der Waals surface area contributed by atoms with Crippen molar-refractivity contribution in [3.63, 3.8) is 0 Å². The highest BCUT2D eigenvalue weighted by Crippen LogP contribution is 2.32. The van der Waals surface area contributed by atoms with Gasteiger partial charge in [-0.05, 0) is 23.8 Å². The molecule has 122 valence electrons. The molecule has 2 aromatic rings. The number of nitrogens with one attached hydrogen (secondary N) is 1. The summed E-state index contributed by atoms with van der Waals surface area (Å²) in [5.41, 5.74) is 0.974. The highest BCUT2D eigenvalue weighted by Gasteiger charge is 2.27. The van der Waals surface area contributed by atoms with Crippen molar-refractivity contribution in [3.8, 4) is 0 Å². The zero-order valence-electron chi connectivity index (χ0n) is 12.5. The molecule has 0 radical (unpaired) electrons. The number of ether oxygens (including phenoxy) is 1. The molecule has 1 N–H and O–H groups in total. The Bertz CT molecular complexity index is 733. The average Bonchev–Trinajstić information content (AvgIpc) is 2.78. The van der Waals surface area contributed by atoms with Gasteiger partial charge >= 0.3 is 0 Å². The second-order valence-corrected chi connectivity index (χ2v) is 6.43. The van der Waals surface area contributed by atoms with Gasteiger partial charge in [-0.3, -0.25) is 4.79 Å². The maximum atomic E-state index is 12.0. The SMILES string of the molecule is O=c1ccccn1C[C@@H]1CNCCO[C@H]1c1ccc(Cl)c(Cl)c1. The van der Waals surface area contributed by atoms with Crippen LogP contribution in [0, 0.1) is 5.92 Å². The largest absolute Gasteiger partial charge is 0.372 e. The van der Waals surface area contributed by atoms with Crippen molar-refractivity contribution in [1.82, 2.24) is 9.88 Å². The van der Waals surface area contributed by atoms with Crippen molar-refractivity contribution in [3.05, 3.63) is 68.6 Å². The van der Waals surface area contributed by atoms with Gasteiger partial charge in [0.1, 0.15) is 0 Å². The van der Waals surface area contributed by atoms with Crippen molar-refractivity contribution < 1.29 is 4.74 Å². The molecule has 2 heterocycles. The van der Waals surface area contributed by atoms with E-state index in [4.69, 9.17) is 27.9 Å². The fourth-order valence-corrected chi connectivity index (χ4v) is 3.18. The van der Waals surface area contributed by atoms with Crippen LogP contribution in [0.4, 0.5) is 0 Å². The van der Waals surface area contributed by atoms with Gasteiger partial charge in [0.05, 0.1) is 22.8 Å². The van der Waals surface area contributed by atoms with Gasteiger partial charge in [-0.1, -0.05) is 35.3 Å². The number of pyridine rings is 1. The molecule has 0 amide bonds. The van der Waals surface area contributed by atoms with E-state index in [0.717, 1.165) is 18.7 Å². The van der Waals surface area contributed by atoms with Crippen LogP contribution in [0.5, 0.6) is 0 Å². The Morgan fingerprint density at radius 1 is 1.22 bits per heavy atom. The summed E-state index contributed by atoms with van der Waals surface area (Å²) in [4.78, 5) is 12.0. The van der Waals surface area contributed by atoms with E-state index in [1.165, 1.54) is 0 Å². The molecular formula is C17H18Cl2N2O2. The Morgan fingerprint density at radius 2 is 2.09 bits per heavy atom. The number of hydrogen-bond acceptors (Lipinski definition) is 3. The zero-order chi connectivity index (χ0) is 16.2. The Hall–Kier alpha value is -1.33. The van der Waals surface area contributed by atoms with Gasteiger partial charge in [-0.25, -0.2) is 0 Å². The maximum absolute atomic E-state index is 12.0. The first-order chi connectivity index (χ1) is 11.1. The topological polar surface area (TPSA) is 43.3 Å². The fourth-order valence-electron chi connectivity index (χ4n) is 2.87. The predicted octanol–water partition coefficient (Wildman–Crippen LogP) is 3.13. The van der Waals surface area contributed by atoms with Crippen molar-refractivity contribution in [2.75, 3.05) is 19.7 Å². The predicted molar refractivity (Wildman–Crippen MR) is 92.2 cm³/mol. The smallest absolute Gasteiger partial charge is 0.250 e. The van der Waals surface area contributed by atoms with Crippen LogP contribution in [0.15, 0.2) is 47.4 Å². The van der Waals surface area contributed by atoms with Gasteiger partial charge in [0.25, 0.3) is 5.56 Å². The molecule has 1 aliphatic rings. The summed E-state index contributed by atoms with van der Waals surface area (Å²) in [6.45, 7) is 2.76. The van der Waals surface area contributed by atoms with Crippen LogP contribution >= 0.6 is 23.2 Å². The van der Waals surface area contributed by atoms with Crippen LogP contribution < -0.4 is 10.9 Å². The summed E-state index contributed by atoms with van der Waals surface area (Å²) in [7, 11) is 0. The molecule has 3 rings (SSSR count). The highest BCUT2D eigenvalue weighted by molar-refractivity contribution is 6.42. The lowest BCUT2D eigenvalue weighted by molar-refractivity contribution is 0.0251. The Labute approximate surface area is 145 Å². The molecule has 1 aromatic carbocycles. The first-order valence-corrected chi connectivity index (χ1v) is 8.33. The van der Waals surface area contributed by atoms with E-state index < -0.39 is 0 Å². The minimum absolute atomic E-state index is 0.00960. The molecule has 1 aromatic heterocycles. The summed E-state index contributed by atoms with van der Waals surface area (Å²) in [6, 6.07) is 10.7. The monoisotopic (exact) mass is 352 g/mol. The van der Waals surface area contributed by atoms with Gasteiger partial charge < -0.3 is 14.6 Å². The molecular weight excluding hydrogens is 335 g/mol. The standard InChI is InChI=1S/C17H18Cl2N2O2/c18-14-5-4-12(9-15(14)19)17-13(10-20-6-8-23-17)11-21-7-2-1-3-16(21)22/h1-5,7,9,13,17,20H,6,8,10-11H2/t13-,17-/m0/s1. The molecule has 0 saturated carbocycles. The summed E-state index contributed by atoms with van der Waals surface area (Å²) < 4.78 is 7.74. The Morgan fingerprint density at radius 3 is 2.87 bits per heavy atom. The van der Waals surface area contributed by atoms with E-state index in [2.05, 4.69) is 5.32 Å². The van der Waals surface area contributed by atoms with Gasteiger partial charge in [0.2, 0.25) is 0 Å². The molecule has 0 bridgehead atoms. The van der Waals surface area contributed by atoms with Crippen LogP contribution in [0.2, 0.25) is 10.0 Å². The van der Waals surface area contributed by atoms with E-state index in [1.54, 1.807) is 29.0 Å². The summed E-state index contributed by atoms with van der Waals surface area (Å²) in [5, 5.41) is 4.40. The van der Waals surface area contributed by atoms with Gasteiger partial charge in [-0.2, -0.15) is 0 Å². The van der Waals surface area contributed by atoms with Crippen molar-refractivity contribution >= 4 is 23.2 Å². The van der Waals surface area contributed by atoms with E-state index >= 15 is 0 Å². The molecule has 1 saturated heterocycles. The molecule has 1 aliphatic heterocycles. The normalized spacial score (nSPS) is 21.8. The molecule has 6 heteroatoms. The summed E-state index contributed by atoms with van der Waals surface area (Å²) in [5.74, 6) is 0.120. The fraction of sp³-hybridized carbons (Fsp3) is 0.353. The van der Waals surface area contributed by atoms with Crippen molar-refractivity contribution in [1.29, 1.82) is 0 Å². The lowest BCUT2D eigenvalue weighted by Gasteiger charge is -2.26. The second-order valence-electron chi connectivity index (χ2n) is 5.62. The minimum Gasteiger partial charge on any atom is -0.372 e. The van der Waals surface area contributed by atoms with Gasteiger partial charge in [0, 0.05) is 37.8 Å². The highest BCUT2D eigenvalue weighted by atomic mass is 35.5. The third-order valence-electron chi connectivity index (χ3n) is 4.01. The van der Waals surface area contributed by atoms with Crippen molar-refractivity contribution in [2.24, 2.45) is 5.92 Å².